The van der Waals surface area contributed by atoms with Gasteiger partial charge in [0, 0.05) is 19.2 Å². The van der Waals surface area contributed by atoms with Crippen LogP contribution in [0.15, 0.2) is 24.3 Å². The predicted molar refractivity (Wildman–Crippen MR) is 79.7 cm³/mol. The van der Waals surface area contributed by atoms with Gasteiger partial charge in [-0.3, -0.25) is 0 Å². The van der Waals surface area contributed by atoms with E-state index in [2.05, 4.69) is 19.2 Å². The monoisotopic (exact) mass is 279 g/mol. The van der Waals surface area contributed by atoms with Crippen molar-refractivity contribution < 1.29 is 14.3 Å². The van der Waals surface area contributed by atoms with Crippen LogP contribution in [0, 0.1) is 5.92 Å². The second-order valence-electron chi connectivity index (χ2n) is 5.04. The number of hydrogen-bond acceptors (Lipinski definition) is 4. The molecule has 0 bridgehead atoms. The summed E-state index contributed by atoms with van der Waals surface area (Å²) < 4.78 is 10.3. The topological polar surface area (TPSA) is 47.6 Å². The lowest BCUT2D eigenvalue weighted by atomic mass is 10.0. The predicted octanol–water partition coefficient (Wildman–Crippen LogP) is 2.62. The Morgan fingerprint density at radius 2 is 2.00 bits per heavy atom. The van der Waals surface area contributed by atoms with Crippen LogP contribution in [0.5, 0.6) is 0 Å². The largest absolute Gasteiger partial charge is 0.465 e. The quantitative estimate of drug-likeness (QED) is 0.743. The molecular weight excluding hydrogens is 254 g/mol. The number of esters is 1. The summed E-state index contributed by atoms with van der Waals surface area (Å²) in [6, 6.07) is 7.76. The van der Waals surface area contributed by atoms with Crippen molar-refractivity contribution >= 4 is 5.97 Å². The molecule has 0 aliphatic heterocycles. The Morgan fingerprint density at radius 1 is 1.30 bits per heavy atom. The van der Waals surface area contributed by atoms with Gasteiger partial charge in [-0.1, -0.05) is 32.0 Å². The smallest absolute Gasteiger partial charge is 0.338 e. The molecule has 4 nitrogen and oxygen atoms in total. The van der Waals surface area contributed by atoms with E-state index in [1.807, 2.05) is 25.1 Å². The highest BCUT2D eigenvalue weighted by Crippen LogP contribution is 2.11. The van der Waals surface area contributed by atoms with Crippen LogP contribution >= 0.6 is 0 Å². The van der Waals surface area contributed by atoms with Gasteiger partial charge >= 0.3 is 5.97 Å². The molecule has 0 aromatic heterocycles. The minimum Gasteiger partial charge on any atom is -0.465 e. The number of ether oxygens (including phenoxy) is 2. The normalized spacial score (nSPS) is 12.4. The molecule has 1 aromatic rings. The third-order valence-corrected chi connectivity index (χ3v) is 3.28. The summed E-state index contributed by atoms with van der Waals surface area (Å²) in [6.45, 7) is 8.31. The van der Waals surface area contributed by atoms with Crippen molar-refractivity contribution in [1.29, 1.82) is 0 Å². The van der Waals surface area contributed by atoms with Crippen LogP contribution in [-0.2, 0) is 16.0 Å². The zero-order chi connectivity index (χ0) is 15.0. The van der Waals surface area contributed by atoms with Crippen molar-refractivity contribution in [2.75, 3.05) is 20.3 Å². The summed E-state index contributed by atoms with van der Waals surface area (Å²) >= 11 is 0. The van der Waals surface area contributed by atoms with Crippen LogP contribution < -0.4 is 5.32 Å². The van der Waals surface area contributed by atoms with Gasteiger partial charge in [-0.2, -0.15) is 0 Å². The van der Waals surface area contributed by atoms with E-state index in [0.29, 0.717) is 31.2 Å². The lowest BCUT2D eigenvalue weighted by Crippen LogP contribution is -2.37. The molecule has 0 fully saturated rings. The molecule has 1 N–H and O–H groups in total. The number of hydrogen-bond donors (Lipinski definition) is 1. The maximum Gasteiger partial charge on any atom is 0.338 e. The number of nitrogens with one attached hydrogen (secondary N) is 1. The van der Waals surface area contributed by atoms with Gasteiger partial charge in [-0.05, 0) is 24.5 Å². The summed E-state index contributed by atoms with van der Waals surface area (Å²) in [5.41, 5.74) is 1.56. The van der Waals surface area contributed by atoms with Gasteiger partial charge < -0.3 is 14.8 Å². The maximum atomic E-state index is 11.7. The fraction of sp³-hybridized carbons (Fsp3) is 0.562. The van der Waals surface area contributed by atoms with E-state index in [1.54, 1.807) is 6.07 Å². The van der Waals surface area contributed by atoms with Crippen molar-refractivity contribution in [3.63, 3.8) is 0 Å². The summed E-state index contributed by atoms with van der Waals surface area (Å²) in [4.78, 5) is 11.7. The van der Waals surface area contributed by atoms with Gasteiger partial charge in [0.15, 0.2) is 0 Å². The Morgan fingerprint density at radius 3 is 2.60 bits per heavy atom. The van der Waals surface area contributed by atoms with Crippen LogP contribution in [0.4, 0.5) is 0 Å². The zero-order valence-electron chi connectivity index (χ0n) is 12.8. The van der Waals surface area contributed by atoms with Crippen LogP contribution in [0.2, 0.25) is 0 Å². The number of rotatable bonds is 8. The molecule has 1 rings (SSSR count). The summed E-state index contributed by atoms with van der Waals surface area (Å²) in [5.74, 6) is 0.167. The summed E-state index contributed by atoms with van der Waals surface area (Å²) in [6.07, 6.45) is 0. The van der Waals surface area contributed by atoms with Crippen LogP contribution in [0.25, 0.3) is 0 Å². The Bertz CT molecular complexity index is 418. The molecule has 112 valence electrons. The van der Waals surface area contributed by atoms with Crippen molar-refractivity contribution in [1.82, 2.24) is 5.32 Å². The van der Waals surface area contributed by atoms with Crippen molar-refractivity contribution in [2.45, 2.75) is 33.4 Å². The molecule has 0 amide bonds. The molecule has 0 aliphatic carbocycles. The Balaban J connectivity index is 2.70. The molecule has 1 aromatic carbocycles. The van der Waals surface area contributed by atoms with Crippen molar-refractivity contribution in [2.24, 2.45) is 5.92 Å². The Labute approximate surface area is 121 Å². The molecule has 0 aliphatic rings. The summed E-state index contributed by atoms with van der Waals surface area (Å²) in [5, 5.41) is 3.46. The SMILES string of the molecule is CCOCC(NCc1ccccc1C(=O)OC)C(C)C. The van der Waals surface area contributed by atoms with Crippen LogP contribution in [-0.4, -0.2) is 32.3 Å². The second-order valence-corrected chi connectivity index (χ2v) is 5.04. The molecule has 0 saturated carbocycles. The fourth-order valence-electron chi connectivity index (χ4n) is 1.96. The lowest BCUT2D eigenvalue weighted by Gasteiger charge is -2.22. The van der Waals surface area contributed by atoms with E-state index < -0.39 is 0 Å². The first kappa shape index (κ1) is 16.7. The molecule has 1 atom stereocenters. The minimum atomic E-state index is -0.298. The highest BCUT2D eigenvalue weighted by Gasteiger charge is 2.15. The molecule has 0 spiro atoms. The number of methoxy groups -OCH3 is 1. The third kappa shape index (κ3) is 4.94. The maximum absolute atomic E-state index is 11.7. The molecule has 20 heavy (non-hydrogen) atoms. The zero-order valence-corrected chi connectivity index (χ0v) is 12.8. The van der Waals surface area contributed by atoms with E-state index in [0.717, 1.165) is 5.56 Å². The fourth-order valence-corrected chi connectivity index (χ4v) is 1.96. The molecular formula is C16H25NO3. The molecule has 0 radical (unpaired) electrons. The Kier molecular flexibility index (Phi) is 7.26. The van der Waals surface area contributed by atoms with E-state index >= 15 is 0 Å². The van der Waals surface area contributed by atoms with Crippen molar-refractivity contribution in [3.05, 3.63) is 35.4 Å². The van der Waals surface area contributed by atoms with Gasteiger partial charge in [0.2, 0.25) is 0 Å². The molecule has 0 saturated heterocycles. The first-order chi connectivity index (χ1) is 9.60. The van der Waals surface area contributed by atoms with Crippen LogP contribution in [0.1, 0.15) is 36.7 Å². The first-order valence-corrected chi connectivity index (χ1v) is 7.07. The average Bonchev–Trinajstić information content (AvgIpc) is 2.46. The van der Waals surface area contributed by atoms with E-state index in [-0.39, 0.29) is 12.0 Å². The van der Waals surface area contributed by atoms with E-state index in [1.165, 1.54) is 7.11 Å². The first-order valence-electron chi connectivity index (χ1n) is 7.07. The second kappa shape index (κ2) is 8.72. The van der Waals surface area contributed by atoms with E-state index in [4.69, 9.17) is 9.47 Å². The molecule has 1 unspecified atom stereocenters. The molecule has 0 heterocycles. The van der Waals surface area contributed by atoms with Crippen LogP contribution in [0.3, 0.4) is 0 Å². The Hall–Kier alpha value is -1.39. The number of carbonyl (C=O) groups is 1. The molecule has 4 heteroatoms. The lowest BCUT2D eigenvalue weighted by molar-refractivity contribution is 0.0599. The number of carbonyl (C=O) groups excluding carboxylic acids is 1. The number of benzene rings is 1. The van der Waals surface area contributed by atoms with E-state index in [9.17, 15) is 4.79 Å². The minimum absolute atomic E-state index is 0.264. The standard InChI is InChI=1S/C16H25NO3/c1-5-20-11-15(12(2)3)17-10-13-8-6-7-9-14(13)16(18)19-4/h6-9,12,15,17H,5,10-11H2,1-4H3. The van der Waals surface area contributed by atoms with Gasteiger partial charge in [-0.25, -0.2) is 4.79 Å². The summed E-state index contributed by atoms with van der Waals surface area (Å²) in [7, 11) is 1.40. The van der Waals surface area contributed by atoms with Gasteiger partial charge in [0.25, 0.3) is 0 Å². The van der Waals surface area contributed by atoms with Gasteiger partial charge in [0.05, 0.1) is 19.3 Å². The van der Waals surface area contributed by atoms with Crippen molar-refractivity contribution in [3.8, 4) is 0 Å². The average molecular weight is 279 g/mol. The highest BCUT2D eigenvalue weighted by molar-refractivity contribution is 5.90. The highest BCUT2D eigenvalue weighted by atomic mass is 16.5. The third-order valence-electron chi connectivity index (χ3n) is 3.28. The van der Waals surface area contributed by atoms with Gasteiger partial charge in [0.1, 0.15) is 0 Å². The van der Waals surface area contributed by atoms with Gasteiger partial charge in [-0.15, -0.1) is 0 Å².